The highest BCUT2D eigenvalue weighted by Gasteiger charge is 2.07. The monoisotopic (exact) mass is 209 g/mol. The summed E-state index contributed by atoms with van der Waals surface area (Å²) >= 11 is 1.55. The predicted molar refractivity (Wildman–Crippen MR) is 57.9 cm³/mol. The Hall–Kier alpha value is -1.26. The van der Waals surface area contributed by atoms with Gasteiger partial charge in [0.25, 0.3) is 0 Å². The Morgan fingerprint density at radius 2 is 1.93 bits per heavy atom. The highest BCUT2D eigenvalue weighted by molar-refractivity contribution is 7.17. The molecule has 0 saturated carbocycles. The standard InChI is InChI=1S/C10H11NO2S/c11-2-1-6-5-14-10-4-9(13)8(12)3-7(6)10/h3-5,12-13H,1-2,11H2. The molecule has 1 aromatic heterocycles. The van der Waals surface area contributed by atoms with Crippen molar-refractivity contribution in [2.45, 2.75) is 6.42 Å². The second-order valence-corrected chi connectivity index (χ2v) is 4.05. The van der Waals surface area contributed by atoms with Gasteiger partial charge in [-0.3, -0.25) is 0 Å². The van der Waals surface area contributed by atoms with Crippen LogP contribution in [0, 0.1) is 0 Å². The summed E-state index contributed by atoms with van der Waals surface area (Å²) < 4.78 is 0.976. The van der Waals surface area contributed by atoms with E-state index in [1.807, 2.05) is 5.38 Å². The lowest BCUT2D eigenvalue weighted by Gasteiger charge is -1.99. The Labute approximate surface area is 85.4 Å². The number of phenolic OH excluding ortho intramolecular Hbond substituents is 2. The van der Waals surface area contributed by atoms with Crippen molar-refractivity contribution in [1.29, 1.82) is 0 Å². The lowest BCUT2D eigenvalue weighted by atomic mass is 10.1. The first-order valence-corrected chi connectivity index (χ1v) is 5.22. The minimum atomic E-state index is -0.0748. The van der Waals surface area contributed by atoms with E-state index < -0.39 is 0 Å². The quantitative estimate of drug-likeness (QED) is 0.661. The fourth-order valence-electron chi connectivity index (χ4n) is 1.45. The number of phenols is 2. The van der Waals surface area contributed by atoms with Gasteiger partial charge in [-0.25, -0.2) is 0 Å². The van der Waals surface area contributed by atoms with Crippen molar-refractivity contribution in [3.8, 4) is 11.5 Å². The second-order valence-electron chi connectivity index (χ2n) is 3.14. The topological polar surface area (TPSA) is 66.5 Å². The summed E-state index contributed by atoms with van der Waals surface area (Å²) in [5, 5.41) is 21.6. The van der Waals surface area contributed by atoms with Gasteiger partial charge < -0.3 is 15.9 Å². The molecule has 0 amide bonds. The third-order valence-electron chi connectivity index (χ3n) is 2.16. The predicted octanol–water partition coefficient (Wildman–Crippen LogP) is 1.81. The highest BCUT2D eigenvalue weighted by atomic mass is 32.1. The Balaban J connectivity index is 2.61. The van der Waals surface area contributed by atoms with Crippen LogP contribution in [0.25, 0.3) is 10.1 Å². The summed E-state index contributed by atoms with van der Waals surface area (Å²) in [5.41, 5.74) is 6.60. The molecule has 0 fully saturated rings. The highest BCUT2D eigenvalue weighted by Crippen LogP contribution is 2.35. The summed E-state index contributed by atoms with van der Waals surface area (Å²) in [7, 11) is 0. The molecule has 1 heterocycles. The average molecular weight is 209 g/mol. The van der Waals surface area contributed by atoms with Crippen LogP contribution in [0.4, 0.5) is 0 Å². The summed E-state index contributed by atoms with van der Waals surface area (Å²) in [6.07, 6.45) is 0.796. The van der Waals surface area contributed by atoms with E-state index in [1.165, 1.54) is 0 Å². The van der Waals surface area contributed by atoms with Gasteiger partial charge in [0.2, 0.25) is 0 Å². The maximum Gasteiger partial charge on any atom is 0.158 e. The molecular weight excluding hydrogens is 198 g/mol. The van der Waals surface area contributed by atoms with Gasteiger partial charge in [-0.15, -0.1) is 11.3 Å². The number of aromatic hydroxyl groups is 2. The molecule has 2 aromatic rings. The summed E-state index contributed by atoms with van der Waals surface area (Å²) in [5.74, 6) is -0.146. The number of benzene rings is 1. The molecule has 0 aliphatic heterocycles. The van der Waals surface area contributed by atoms with Crippen LogP contribution in [0.15, 0.2) is 17.5 Å². The molecule has 0 unspecified atom stereocenters. The molecule has 0 atom stereocenters. The number of thiophene rings is 1. The molecule has 2 rings (SSSR count). The van der Waals surface area contributed by atoms with E-state index >= 15 is 0 Å². The molecule has 1 aromatic carbocycles. The normalized spacial score (nSPS) is 10.9. The van der Waals surface area contributed by atoms with Crippen LogP contribution in [-0.2, 0) is 6.42 Å². The van der Waals surface area contributed by atoms with Crippen LogP contribution in [0.1, 0.15) is 5.56 Å². The van der Waals surface area contributed by atoms with Gasteiger partial charge >= 0.3 is 0 Å². The lowest BCUT2D eigenvalue weighted by Crippen LogP contribution is -2.01. The van der Waals surface area contributed by atoms with E-state index in [-0.39, 0.29) is 11.5 Å². The van der Waals surface area contributed by atoms with Crippen LogP contribution in [-0.4, -0.2) is 16.8 Å². The molecule has 74 valence electrons. The summed E-state index contributed by atoms with van der Waals surface area (Å²) in [6, 6.07) is 3.17. The molecule has 4 heteroatoms. The number of nitrogens with two attached hydrogens (primary N) is 1. The third-order valence-corrected chi connectivity index (χ3v) is 3.16. The number of rotatable bonds is 2. The van der Waals surface area contributed by atoms with Gasteiger partial charge in [0.1, 0.15) is 0 Å². The van der Waals surface area contributed by atoms with Crippen LogP contribution in [0.2, 0.25) is 0 Å². The van der Waals surface area contributed by atoms with Crippen LogP contribution < -0.4 is 5.73 Å². The van der Waals surface area contributed by atoms with Crippen molar-refractivity contribution in [1.82, 2.24) is 0 Å². The van der Waals surface area contributed by atoms with E-state index in [0.29, 0.717) is 6.54 Å². The second kappa shape index (κ2) is 3.48. The Bertz CT molecular complexity index is 464. The van der Waals surface area contributed by atoms with Crippen molar-refractivity contribution < 1.29 is 10.2 Å². The van der Waals surface area contributed by atoms with E-state index in [0.717, 1.165) is 22.1 Å². The summed E-state index contributed by atoms with van der Waals surface area (Å²) in [6.45, 7) is 0.591. The molecule has 0 bridgehead atoms. The van der Waals surface area contributed by atoms with E-state index in [2.05, 4.69) is 0 Å². The zero-order chi connectivity index (χ0) is 10.1. The number of hydrogen-bond acceptors (Lipinski definition) is 4. The molecular formula is C10H11NO2S. The zero-order valence-corrected chi connectivity index (χ0v) is 8.34. The van der Waals surface area contributed by atoms with Crippen molar-refractivity contribution in [2.75, 3.05) is 6.54 Å². The molecule has 3 nitrogen and oxygen atoms in total. The molecule has 14 heavy (non-hydrogen) atoms. The molecule has 0 spiro atoms. The minimum absolute atomic E-state index is 0.0707. The van der Waals surface area contributed by atoms with Gasteiger partial charge in [-0.2, -0.15) is 0 Å². The van der Waals surface area contributed by atoms with Gasteiger partial charge in [0.05, 0.1) is 0 Å². The maximum atomic E-state index is 9.35. The van der Waals surface area contributed by atoms with Gasteiger partial charge in [0, 0.05) is 10.8 Å². The average Bonchev–Trinajstić information content (AvgIpc) is 2.51. The Kier molecular flexibility index (Phi) is 2.31. The molecule has 0 aliphatic rings. The van der Waals surface area contributed by atoms with Crippen molar-refractivity contribution in [3.63, 3.8) is 0 Å². The third kappa shape index (κ3) is 1.42. The minimum Gasteiger partial charge on any atom is -0.504 e. The first-order valence-electron chi connectivity index (χ1n) is 4.34. The van der Waals surface area contributed by atoms with Gasteiger partial charge in [0.15, 0.2) is 11.5 Å². The van der Waals surface area contributed by atoms with Crippen LogP contribution >= 0.6 is 11.3 Å². The van der Waals surface area contributed by atoms with Crippen LogP contribution in [0.3, 0.4) is 0 Å². The lowest BCUT2D eigenvalue weighted by molar-refractivity contribution is 0.405. The molecule has 0 saturated heterocycles. The van der Waals surface area contributed by atoms with Crippen molar-refractivity contribution in [2.24, 2.45) is 5.73 Å². The van der Waals surface area contributed by atoms with E-state index in [1.54, 1.807) is 23.5 Å². The van der Waals surface area contributed by atoms with E-state index in [9.17, 15) is 10.2 Å². The first-order chi connectivity index (χ1) is 6.72. The van der Waals surface area contributed by atoms with Crippen molar-refractivity contribution in [3.05, 3.63) is 23.1 Å². The fourth-order valence-corrected chi connectivity index (χ4v) is 2.46. The SMILES string of the molecule is NCCc1csc2cc(O)c(O)cc12. The Morgan fingerprint density at radius 1 is 1.21 bits per heavy atom. The number of fused-ring (bicyclic) bond motifs is 1. The summed E-state index contributed by atoms with van der Waals surface area (Å²) in [4.78, 5) is 0. The molecule has 4 N–H and O–H groups in total. The smallest absolute Gasteiger partial charge is 0.158 e. The van der Waals surface area contributed by atoms with Crippen molar-refractivity contribution >= 4 is 21.4 Å². The largest absolute Gasteiger partial charge is 0.504 e. The van der Waals surface area contributed by atoms with Crippen LogP contribution in [0.5, 0.6) is 11.5 Å². The Morgan fingerprint density at radius 3 is 2.64 bits per heavy atom. The van der Waals surface area contributed by atoms with Gasteiger partial charge in [-0.05, 0) is 35.4 Å². The van der Waals surface area contributed by atoms with E-state index in [4.69, 9.17) is 5.73 Å². The zero-order valence-electron chi connectivity index (χ0n) is 7.53. The molecule has 0 radical (unpaired) electrons. The number of hydrogen-bond donors (Lipinski definition) is 3. The maximum absolute atomic E-state index is 9.35. The first kappa shape index (κ1) is 9.30. The molecule has 0 aliphatic carbocycles. The fraction of sp³-hybridized carbons (Fsp3) is 0.200. The van der Waals surface area contributed by atoms with Gasteiger partial charge in [-0.1, -0.05) is 0 Å².